The molecule has 190 valence electrons. The highest BCUT2D eigenvalue weighted by Gasteiger charge is 2.49. The number of hydrogen-bond acceptors (Lipinski definition) is 7. The number of halogens is 3. The highest BCUT2D eigenvalue weighted by Crippen LogP contribution is 2.41. The fourth-order valence-corrected chi connectivity index (χ4v) is 4.72. The molecule has 5 rings (SSSR count). The molecule has 2 atom stereocenters. The van der Waals surface area contributed by atoms with Gasteiger partial charge >= 0.3 is 6.18 Å². The van der Waals surface area contributed by atoms with E-state index in [-0.39, 0.29) is 37.8 Å². The standard InChI is InChI=1S/C25H27F3N6O2/c1-15(2)36-19-5-3-4-16-6-8-18(30-21(16)19)23-32-31-20-9-7-17(12-34(20)23)22(25(26,27)28)33-11-10-24(29,13-33)14-35/h3-9,12,15,22,35H,10-11,13-14,29H2,1-2H3/t22-,24-/m1/s1. The maximum absolute atomic E-state index is 14.3. The molecule has 11 heteroatoms. The molecule has 0 bridgehead atoms. The van der Waals surface area contributed by atoms with Crippen molar-refractivity contribution < 1.29 is 23.0 Å². The second-order valence-corrected chi connectivity index (χ2v) is 9.59. The summed E-state index contributed by atoms with van der Waals surface area (Å²) in [5.74, 6) is 0.929. The minimum atomic E-state index is -4.55. The van der Waals surface area contributed by atoms with Gasteiger partial charge in [-0.05, 0) is 44.0 Å². The first-order valence-electron chi connectivity index (χ1n) is 11.7. The molecule has 1 aliphatic rings. The van der Waals surface area contributed by atoms with E-state index >= 15 is 0 Å². The SMILES string of the molecule is CC(C)Oc1cccc2ccc(-c3nnc4ccc([C@@H](N5CC[C@](N)(CO)C5)C(F)(F)F)cn34)nc12. The molecule has 8 nitrogen and oxygen atoms in total. The lowest BCUT2D eigenvalue weighted by Crippen LogP contribution is -2.48. The number of pyridine rings is 2. The first-order valence-corrected chi connectivity index (χ1v) is 11.7. The Morgan fingerprint density at radius 2 is 1.94 bits per heavy atom. The zero-order valence-electron chi connectivity index (χ0n) is 19.9. The second kappa shape index (κ2) is 8.99. The van der Waals surface area contributed by atoms with Crippen molar-refractivity contribution in [3.05, 3.63) is 54.2 Å². The van der Waals surface area contributed by atoms with Crippen molar-refractivity contribution in [1.29, 1.82) is 0 Å². The Balaban J connectivity index is 1.58. The first kappa shape index (κ1) is 24.4. The van der Waals surface area contributed by atoms with Crippen molar-refractivity contribution in [2.45, 2.75) is 44.1 Å². The molecule has 1 aliphatic heterocycles. The van der Waals surface area contributed by atoms with Crippen LogP contribution in [-0.4, -0.2) is 67.1 Å². The van der Waals surface area contributed by atoms with E-state index in [1.54, 1.807) is 6.07 Å². The molecule has 0 radical (unpaired) electrons. The lowest BCUT2D eigenvalue weighted by atomic mass is 10.0. The van der Waals surface area contributed by atoms with Gasteiger partial charge in [-0.25, -0.2) is 4.98 Å². The number of hydrogen-bond donors (Lipinski definition) is 2. The van der Waals surface area contributed by atoms with Crippen LogP contribution in [0.3, 0.4) is 0 Å². The van der Waals surface area contributed by atoms with Crippen molar-refractivity contribution in [2.24, 2.45) is 5.73 Å². The van der Waals surface area contributed by atoms with Crippen LogP contribution in [0.2, 0.25) is 0 Å². The predicted molar refractivity (Wildman–Crippen MR) is 128 cm³/mol. The summed E-state index contributed by atoms with van der Waals surface area (Å²) < 4.78 is 50.2. The number of nitrogens with two attached hydrogens (primary N) is 1. The number of benzene rings is 1. The van der Waals surface area contributed by atoms with Crippen LogP contribution in [0, 0.1) is 0 Å². The fraction of sp³-hybridized carbons (Fsp3) is 0.400. The molecule has 0 spiro atoms. The fourth-order valence-electron chi connectivity index (χ4n) is 4.72. The second-order valence-electron chi connectivity index (χ2n) is 9.59. The molecule has 0 saturated carbocycles. The van der Waals surface area contributed by atoms with E-state index in [2.05, 4.69) is 10.2 Å². The summed E-state index contributed by atoms with van der Waals surface area (Å²) in [4.78, 5) is 6.00. The first-order chi connectivity index (χ1) is 17.1. The summed E-state index contributed by atoms with van der Waals surface area (Å²) in [6.07, 6.45) is -2.92. The minimum Gasteiger partial charge on any atom is -0.489 e. The van der Waals surface area contributed by atoms with Crippen LogP contribution >= 0.6 is 0 Å². The van der Waals surface area contributed by atoms with Gasteiger partial charge in [-0.15, -0.1) is 10.2 Å². The van der Waals surface area contributed by atoms with Crippen molar-refractivity contribution >= 4 is 16.6 Å². The molecule has 4 aromatic rings. The van der Waals surface area contributed by atoms with Gasteiger partial charge in [0.1, 0.15) is 23.0 Å². The maximum atomic E-state index is 14.3. The van der Waals surface area contributed by atoms with E-state index in [9.17, 15) is 18.3 Å². The number of likely N-dealkylation sites (tertiary alicyclic amines) is 1. The molecule has 3 aromatic heterocycles. The van der Waals surface area contributed by atoms with Gasteiger partial charge in [-0.3, -0.25) is 9.30 Å². The Kier molecular flexibility index (Phi) is 6.09. The molecule has 0 amide bonds. The number of aliphatic hydroxyl groups excluding tert-OH is 1. The molecular formula is C25H27F3N6O2. The van der Waals surface area contributed by atoms with Crippen molar-refractivity contribution in [3.8, 4) is 17.3 Å². The normalized spacial score (nSPS) is 20.0. The third kappa shape index (κ3) is 4.49. The van der Waals surface area contributed by atoms with E-state index in [4.69, 9.17) is 15.5 Å². The van der Waals surface area contributed by atoms with E-state index in [0.717, 1.165) is 5.39 Å². The Morgan fingerprint density at radius 1 is 1.14 bits per heavy atom. The lowest BCUT2D eigenvalue weighted by molar-refractivity contribution is -0.184. The maximum Gasteiger partial charge on any atom is 0.408 e. The average molecular weight is 501 g/mol. The Labute approximate surface area is 205 Å². The van der Waals surface area contributed by atoms with Crippen molar-refractivity contribution in [1.82, 2.24) is 24.5 Å². The summed E-state index contributed by atoms with van der Waals surface area (Å²) in [5, 5.41) is 18.8. The topological polar surface area (TPSA) is 102 Å². The number of ether oxygens (including phenoxy) is 1. The van der Waals surface area contributed by atoms with Crippen LogP contribution in [0.5, 0.6) is 5.75 Å². The van der Waals surface area contributed by atoms with Crippen LogP contribution in [0.25, 0.3) is 28.1 Å². The van der Waals surface area contributed by atoms with Crippen LogP contribution in [0.4, 0.5) is 13.2 Å². The predicted octanol–water partition coefficient (Wildman–Crippen LogP) is 3.73. The number of para-hydroxylation sites is 1. The largest absolute Gasteiger partial charge is 0.489 e. The van der Waals surface area contributed by atoms with E-state index < -0.39 is 17.8 Å². The van der Waals surface area contributed by atoms with Crippen LogP contribution in [0.1, 0.15) is 31.9 Å². The molecule has 3 N–H and O–H groups in total. The third-order valence-electron chi connectivity index (χ3n) is 6.42. The number of alkyl halides is 3. The highest BCUT2D eigenvalue weighted by molar-refractivity contribution is 5.86. The molecular weight excluding hydrogens is 473 g/mol. The van der Waals surface area contributed by atoms with Gasteiger partial charge in [0, 0.05) is 24.7 Å². The van der Waals surface area contributed by atoms with E-state index in [1.165, 1.54) is 27.6 Å². The van der Waals surface area contributed by atoms with Gasteiger partial charge in [0.25, 0.3) is 0 Å². The smallest absolute Gasteiger partial charge is 0.408 e. The van der Waals surface area contributed by atoms with Crippen molar-refractivity contribution in [3.63, 3.8) is 0 Å². The van der Waals surface area contributed by atoms with Gasteiger partial charge in [-0.2, -0.15) is 13.2 Å². The molecule has 36 heavy (non-hydrogen) atoms. The van der Waals surface area contributed by atoms with Gasteiger partial charge in [0.15, 0.2) is 11.5 Å². The van der Waals surface area contributed by atoms with Crippen molar-refractivity contribution in [2.75, 3.05) is 19.7 Å². The molecule has 0 aliphatic carbocycles. The number of fused-ring (bicyclic) bond motifs is 2. The Hall–Kier alpha value is -3.28. The summed E-state index contributed by atoms with van der Waals surface area (Å²) in [6.45, 7) is 3.52. The Morgan fingerprint density at radius 3 is 2.64 bits per heavy atom. The molecule has 1 fully saturated rings. The molecule has 1 aromatic carbocycles. The van der Waals surface area contributed by atoms with E-state index in [0.29, 0.717) is 28.4 Å². The zero-order chi connectivity index (χ0) is 25.7. The van der Waals surface area contributed by atoms with Crippen LogP contribution < -0.4 is 10.5 Å². The number of rotatable bonds is 6. The summed E-state index contributed by atoms with van der Waals surface area (Å²) in [6, 6.07) is 10.3. The van der Waals surface area contributed by atoms with Crippen LogP contribution in [-0.2, 0) is 0 Å². The quantitative estimate of drug-likeness (QED) is 0.416. The summed E-state index contributed by atoms with van der Waals surface area (Å²) >= 11 is 0. The number of aliphatic hydroxyl groups is 1. The van der Waals surface area contributed by atoms with Gasteiger partial charge < -0.3 is 15.6 Å². The van der Waals surface area contributed by atoms with Gasteiger partial charge in [-0.1, -0.05) is 24.3 Å². The van der Waals surface area contributed by atoms with Gasteiger partial charge in [0.05, 0.1) is 18.2 Å². The number of aromatic nitrogens is 4. The summed E-state index contributed by atoms with van der Waals surface area (Å²) in [7, 11) is 0. The lowest BCUT2D eigenvalue weighted by Gasteiger charge is -2.31. The van der Waals surface area contributed by atoms with E-state index in [1.807, 2.05) is 38.1 Å². The summed E-state index contributed by atoms with van der Waals surface area (Å²) in [5.41, 5.74) is 6.52. The minimum absolute atomic E-state index is 0.0304. The van der Waals surface area contributed by atoms with Crippen LogP contribution in [0.15, 0.2) is 48.7 Å². The number of nitrogens with zero attached hydrogens (tertiary/aromatic N) is 5. The molecule has 1 saturated heterocycles. The molecule has 0 unspecified atom stereocenters. The third-order valence-corrected chi connectivity index (χ3v) is 6.42. The monoisotopic (exact) mass is 500 g/mol. The average Bonchev–Trinajstić information content (AvgIpc) is 3.42. The molecule has 4 heterocycles. The van der Waals surface area contributed by atoms with Gasteiger partial charge in [0.2, 0.25) is 0 Å². The Bertz CT molecular complexity index is 1410. The highest BCUT2D eigenvalue weighted by atomic mass is 19.4. The zero-order valence-corrected chi connectivity index (χ0v) is 19.9.